The molecule has 0 saturated carbocycles. The lowest BCUT2D eigenvalue weighted by Gasteiger charge is -2.29. The Bertz CT molecular complexity index is 859. The van der Waals surface area contributed by atoms with Gasteiger partial charge in [0, 0.05) is 13.1 Å². The van der Waals surface area contributed by atoms with Crippen molar-refractivity contribution in [1.29, 1.82) is 0 Å². The number of nitrogens with zero attached hydrogens (tertiary/aromatic N) is 1. The first-order chi connectivity index (χ1) is 15.2. The van der Waals surface area contributed by atoms with E-state index in [1.807, 2.05) is 54.6 Å². The molecule has 32 heavy (non-hydrogen) atoms. The van der Waals surface area contributed by atoms with E-state index in [-0.39, 0.29) is 23.8 Å². The SMILES string of the molecule is CCCCNC(=O)C(C)N(CCc1ccccc1)C(=O)COc1ccccc1C(C)(C)C. The van der Waals surface area contributed by atoms with Crippen LogP contribution in [0.4, 0.5) is 0 Å². The lowest BCUT2D eigenvalue weighted by molar-refractivity contribution is -0.141. The van der Waals surface area contributed by atoms with Crippen LogP contribution in [0.1, 0.15) is 58.6 Å². The number of carbonyl (C=O) groups excluding carboxylic acids is 2. The zero-order valence-electron chi connectivity index (χ0n) is 20.2. The van der Waals surface area contributed by atoms with Gasteiger partial charge >= 0.3 is 0 Å². The van der Waals surface area contributed by atoms with E-state index in [1.165, 1.54) is 0 Å². The summed E-state index contributed by atoms with van der Waals surface area (Å²) in [6.07, 6.45) is 2.60. The minimum absolute atomic E-state index is 0.0981. The molecule has 0 aliphatic carbocycles. The number of amides is 2. The van der Waals surface area contributed by atoms with Crippen molar-refractivity contribution in [3.63, 3.8) is 0 Å². The van der Waals surface area contributed by atoms with Crippen molar-refractivity contribution < 1.29 is 14.3 Å². The first kappa shape index (κ1) is 25.4. The molecule has 5 nitrogen and oxygen atoms in total. The van der Waals surface area contributed by atoms with Crippen molar-refractivity contribution in [3.05, 3.63) is 65.7 Å². The molecule has 2 rings (SSSR count). The minimum atomic E-state index is -0.565. The molecule has 174 valence electrons. The molecule has 1 unspecified atom stereocenters. The molecule has 2 amide bonds. The van der Waals surface area contributed by atoms with Crippen molar-refractivity contribution in [1.82, 2.24) is 10.2 Å². The normalized spacial score (nSPS) is 12.2. The van der Waals surface area contributed by atoms with Gasteiger partial charge in [0.2, 0.25) is 5.91 Å². The van der Waals surface area contributed by atoms with Crippen molar-refractivity contribution >= 4 is 11.8 Å². The molecule has 1 N–H and O–H groups in total. The van der Waals surface area contributed by atoms with Crippen LogP contribution in [0.3, 0.4) is 0 Å². The Kier molecular flexibility index (Phi) is 9.76. The van der Waals surface area contributed by atoms with Gasteiger partial charge in [-0.15, -0.1) is 0 Å². The standard InChI is InChI=1S/C27H38N2O3/c1-6-7-18-28-26(31)21(2)29(19-17-22-13-9-8-10-14-22)25(30)20-32-24-16-12-11-15-23(24)27(3,4)5/h8-16,21H,6-7,17-20H2,1-5H3,(H,28,31). The molecular weight excluding hydrogens is 400 g/mol. The molecule has 0 fully saturated rings. The third-order valence-electron chi connectivity index (χ3n) is 5.53. The molecule has 2 aromatic rings. The lowest BCUT2D eigenvalue weighted by Crippen LogP contribution is -2.50. The van der Waals surface area contributed by atoms with Gasteiger partial charge < -0.3 is 15.0 Å². The third-order valence-corrected chi connectivity index (χ3v) is 5.53. The second-order valence-electron chi connectivity index (χ2n) is 9.18. The Hall–Kier alpha value is -2.82. The number of unbranched alkanes of at least 4 members (excludes halogenated alkanes) is 1. The maximum absolute atomic E-state index is 13.2. The molecule has 0 saturated heterocycles. The highest BCUT2D eigenvalue weighted by Gasteiger charge is 2.26. The summed E-state index contributed by atoms with van der Waals surface area (Å²) in [4.78, 5) is 27.5. The Morgan fingerprint density at radius 1 is 1.03 bits per heavy atom. The fraction of sp³-hybridized carbons (Fsp3) is 0.481. The molecule has 2 aromatic carbocycles. The predicted octanol–water partition coefficient (Wildman–Crippen LogP) is 4.74. The van der Waals surface area contributed by atoms with Crippen LogP contribution in [0.15, 0.2) is 54.6 Å². The van der Waals surface area contributed by atoms with Crippen molar-refractivity contribution in [2.75, 3.05) is 19.7 Å². The van der Waals surface area contributed by atoms with Crippen LogP contribution in [-0.4, -0.2) is 42.5 Å². The van der Waals surface area contributed by atoms with Gasteiger partial charge in [0.05, 0.1) is 0 Å². The Balaban J connectivity index is 2.11. The number of hydrogen-bond donors (Lipinski definition) is 1. The second kappa shape index (κ2) is 12.3. The first-order valence-corrected chi connectivity index (χ1v) is 11.6. The van der Waals surface area contributed by atoms with Gasteiger partial charge in [0.25, 0.3) is 5.91 Å². The van der Waals surface area contributed by atoms with Gasteiger partial charge in [-0.2, -0.15) is 0 Å². The molecule has 0 aliphatic heterocycles. The molecular formula is C27H38N2O3. The van der Waals surface area contributed by atoms with Crippen molar-refractivity contribution in [2.45, 2.75) is 65.3 Å². The quantitative estimate of drug-likeness (QED) is 0.516. The van der Waals surface area contributed by atoms with Crippen LogP contribution in [-0.2, 0) is 21.4 Å². The summed E-state index contributed by atoms with van der Waals surface area (Å²) in [6.45, 7) is 11.2. The smallest absolute Gasteiger partial charge is 0.261 e. The fourth-order valence-corrected chi connectivity index (χ4v) is 3.54. The fourth-order valence-electron chi connectivity index (χ4n) is 3.54. The van der Waals surface area contributed by atoms with Crippen molar-refractivity contribution in [2.24, 2.45) is 0 Å². The number of carbonyl (C=O) groups is 2. The van der Waals surface area contributed by atoms with E-state index in [0.29, 0.717) is 25.3 Å². The van der Waals surface area contributed by atoms with Crippen LogP contribution in [0.2, 0.25) is 0 Å². The van der Waals surface area contributed by atoms with Gasteiger partial charge in [-0.05, 0) is 42.4 Å². The number of para-hydroxylation sites is 1. The van der Waals surface area contributed by atoms with E-state index in [9.17, 15) is 9.59 Å². The highest BCUT2D eigenvalue weighted by atomic mass is 16.5. The Morgan fingerprint density at radius 3 is 2.34 bits per heavy atom. The maximum atomic E-state index is 13.2. The summed E-state index contributed by atoms with van der Waals surface area (Å²) in [6, 6.07) is 17.2. The molecule has 0 bridgehead atoms. The van der Waals surface area contributed by atoms with Crippen LogP contribution in [0.25, 0.3) is 0 Å². The van der Waals surface area contributed by atoms with E-state index in [0.717, 1.165) is 24.0 Å². The van der Waals surface area contributed by atoms with E-state index >= 15 is 0 Å². The first-order valence-electron chi connectivity index (χ1n) is 11.6. The van der Waals surface area contributed by atoms with Crippen molar-refractivity contribution in [3.8, 4) is 5.75 Å². The highest BCUT2D eigenvalue weighted by Crippen LogP contribution is 2.30. The third kappa shape index (κ3) is 7.70. The van der Waals surface area contributed by atoms with E-state index in [2.05, 4.69) is 33.0 Å². The number of nitrogens with one attached hydrogen (secondary N) is 1. The van der Waals surface area contributed by atoms with Crippen LogP contribution in [0, 0.1) is 0 Å². The van der Waals surface area contributed by atoms with Gasteiger partial charge in [0.15, 0.2) is 6.61 Å². The van der Waals surface area contributed by atoms with Crippen LogP contribution >= 0.6 is 0 Å². The average Bonchev–Trinajstić information content (AvgIpc) is 2.78. The summed E-state index contributed by atoms with van der Waals surface area (Å²) in [5.74, 6) is 0.383. The number of ether oxygens (including phenoxy) is 1. The zero-order chi connectivity index (χ0) is 23.6. The van der Waals surface area contributed by atoms with Gasteiger partial charge in [-0.3, -0.25) is 9.59 Å². The summed E-state index contributed by atoms with van der Waals surface area (Å²) in [5, 5.41) is 2.95. The lowest BCUT2D eigenvalue weighted by atomic mass is 9.86. The Labute approximate surface area is 193 Å². The number of hydrogen-bond acceptors (Lipinski definition) is 3. The maximum Gasteiger partial charge on any atom is 0.261 e. The number of benzene rings is 2. The second-order valence-corrected chi connectivity index (χ2v) is 9.18. The summed E-state index contributed by atoms with van der Waals surface area (Å²) in [5.41, 5.74) is 2.08. The van der Waals surface area contributed by atoms with Gasteiger partial charge in [-0.25, -0.2) is 0 Å². The van der Waals surface area contributed by atoms with E-state index < -0.39 is 6.04 Å². The average molecular weight is 439 g/mol. The van der Waals surface area contributed by atoms with E-state index in [4.69, 9.17) is 4.74 Å². The molecule has 0 spiro atoms. The van der Waals surface area contributed by atoms with Gasteiger partial charge in [-0.1, -0.05) is 82.6 Å². The topological polar surface area (TPSA) is 58.6 Å². The predicted molar refractivity (Wildman–Crippen MR) is 130 cm³/mol. The molecule has 0 aliphatic rings. The molecule has 0 heterocycles. The highest BCUT2D eigenvalue weighted by molar-refractivity contribution is 5.88. The summed E-state index contributed by atoms with van der Waals surface area (Å²) < 4.78 is 5.96. The largest absolute Gasteiger partial charge is 0.483 e. The molecule has 5 heteroatoms. The Morgan fingerprint density at radius 2 is 1.69 bits per heavy atom. The number of rotatable bonds is 11. The van der Waals surface area contributed by atoms with Crippen LogP contribution < -0.4 is 10.1 Å². The summed E-state index contributed by atoms with van der Waals surface area (Å²) >= 11 is 0. The monoisotopic (exact) mass is 438 g/mol. The van der Waals surface area contributed by atoms with Crippen LogP contribution in [0.5, 0.6) is 5.75 Å². The molecule has 1 atom stereocenters. The summed E-state index contributed by atoms with van der Waals surface area (Å²) in [7, 11) is 0. The van der Waals surface area contributed by atoms with E-state index in [1.54, 1.807) is 11.8 Å². The molecule has 0 aromatic heterocycles. The molecule has 0 radical (unpaired) electrons. The zero-order valence-corrected chi connectivity index (χ0v) is 20.2. The van der Waals surface area contributed by atoms with Gasteiger partial charge in [0.1, 0.15) is 11.8 Å². The minimum Gasteiger partial charge on any atom is -0.483 e.